The number of nitrogens with zero attached hydrogens (tertiary/aromatic N) is 3. The van der Waals surface area contributed by atoms with Crippen LogP contribution >= 0.6 is 23.2 Å². The molecule has 0 aliphatic carbocycles. The van der Waals surface area contributed by atoms with Gasteiger partial charge in [0.25, 0.3) is 0 Å². The predicted molar refractivity (Wildman–Crippen MR) is 127 cm³/mol. The first-order chi connectivity index (χ1) is 15.0. The van der Waals surface area contributed by atoms with E-state index in [1.54, 1.807) is 6.08 Å². The quantitative estimate of drug-likeness (QED) is 0.288. The predicted octanol–water partition coefficient (Wildman–Crippen LogP) is 7.79. The maximum absolute atomic E-state index is 13.8. The minimum atomic E-state index is -0.501. The first-order valence-electron chi connectivity index (χ1n) is 10.3. The monoisotopic (exact) mass is 456 g/mol. The van der Waals surface area contributed by atoms with Crippen molar-refractivity contribution in [2.75, 3.05) is 0 Å². The highest BCUT2D eigenvalue weighted by atomic mass is 35.5. The molecule has 1 aromatic carbocycles. The van der Waals surface area contributed by atoms with Crippen LogP contribution in [0.3, 0.4) is 0 Å². The lowest BCUT2D eigenvalue weighted by Gasteiger charge is -2.13. The summed E-state index contributed by atoms with van der Waals surface area (Å²) in [6.07, 6.45) is 14.5. The van der Waals surface area contributed by atoms with Gasteiger partial charge in [-0.05, 0) is 31.0 Å². The van der Waals surface area contributed by atoms with Gasteiger partial charge in [-0.3, -0.25) is 4.68 Å². The fraction of sp³-hybridized carbons (Fsp3) is 0.250. The Morgan fingerprint density at radius 2 is 2.00 bits per heavy atom. The van der Waals surface area contributed by atoms with Crippen molar-refractivity contribution in [3.05, 3.63) is 70.0 Å². The van der Waals surface area contributed by atoms with Gasteiger partial charge in [-0.1, -0.05) is 55.6 Å². The Bertz CT molecular complexity index is 1240. The number of fused-ring (bicyclic) bond motifs is 1. The molecule has 0 saturated heterocycles. The molecule has 3 aromatic heterocycles. The fourth-order valence-electron chi connectivity index (χ4n) is 3.73. The molecule has 0 aliphatic heterocycles. The first kappa shape index (κ1) is 21.6. The van der Waals surface area contributed by atoms with E-state index in [4.69, 9.17) is 23.2 Å². The van der Waals surface area contributed by atoms with Gasteiger partial charge in [0.1, 0.15) is 11.5 Å². The highest BCUT2D eigenvalue weighted by Crippen LogP contribution is 2.31. The van der Waals surface area contributed by atoms with E-state index in [-0.39, 0.29) is 5.02 Å². The summed E-state index contributed by atoms with van der Waals surface area (Å²) in [4.78, 5) is 7.72. The SMILES string of the molecule is CCCC(CC)n1cc(-c2cnc3[nH]cc(/C=C/c4c(Cl)ccc(F)c4Cl)c3c2)cn1. The van der Waals surface area contributed by atoms with Gasteiger partial charge in [-0.25, -0.2) is 9.37 Å². The third kappa shape index (κ3) is 4.39. The normalized spacial score (nSPS) is 12.8. The third-order valence-corrected chi connectivity index (χ3v) is 6.19. The van der Waals surface area contributed by atoms with E-state index in [1.165, 1.54) is 12.1 Å². The zero-order valence-electron chi connectivity index (χ0n) is 17.4. The van der Waals surface area contributed by atoms with Gasteiger partial charge in [-0.2, -0.15) is 5.10 Å². The molecule has 0 radical (unpaired) electrons. The van der Waals surface area contributed by atoms with Gasteiger partial charge in [0.2, 0.25) is 0 Å². The van der Waals surface area contributed by atoms with Crippen LogP contribution in [0.25, 0.3) is 34.3 Å². The number of hydrogen-bond acceptors (Lipinski definition) is 2. The van der Waals surface area contributed by atoms with Gasteiger partial charge in [0.05, 0.1) is 17.3 Å². The number of benzene rings is 1. The van der Waals surface area contributed by atoms with Crippen LogP contribution in [-0.4, -0.2) is 19.7 Å². The molecular formula is C24H23Cl2FN4. The number of aromatic amines is 1. The van der Waals surface area contributed by atoms with Crippen LogP contribution in [0.2, 0.25) is 10.0 Å². The number of rotatable bonds is 7. The topological polar surface area (TPSA) is 46.5 Å². The summed E-state index contributed by atoms with van der Waals surface area (Å²) >= 11 is 12.3. The maximum atomic E-state index is 13.8. The van der Waals surface area contributed by atoms with E-state index in [2.05, 4.69) is 45.9 Å². The van der Waals surface area contributed by atoms with Crippen molar-refractivity contribution in [2.45, 2.75) is 39.2 Å². The number of halogens is 3. The highest BCUT2D eigenvalue weighted by molar-refractivity contribution is 6.37. The molecule has 0 spiro atoms. The lowest BCUT2D eigenvalue weighted by atomic mass is 10.1. The summed E-state index contributed by atoms with van der Waals surface area (Å²) in [6.45, 7) is 4.38. The summed E-state index contributed by atoms with van der Waals surface area (Å²) in [6, 6.07) is 5.24. The van der Waals surface area contributed by atoms with Gasteiger partial charge < -0.3 is 4.98 Å². The molecule has 0 fully saturated rings. The molecule has 3 heterocycles. The molecule has 1 unspecified atom stereocenters. The third-order valence-electron chi connectivity index (χ3n) is 5.47. The Labute approximate surface area is 190 Å². The lowest BCUT2D eigenvalue weighted by Crippen LogP contribution is -2.07. The van der Waals surface area contributed by atoms with Crippen LogP contribution in [0.15, 0.2) is 43.0 Å². The summed E-state index contributed by atoms with van der Waals surface area (Å²) in [5.74, 6) is -0.501. The summed E-state index contributed by atoms with van der Waals surface area (Å²) in [5.41, 5.74) is 4.14. The Balaban J connectivity index is 1.68. The van der Waals surface area contributed by atoms with Gasteiger partial charge >= 0.3 is 0 Å². The van der Waals surface area contributed by atoms with Crippen LogP contribution in [0.4, 0.5) is 4.39 Å². The standard InChI is InChI=1S/C24H23Cl2FN4/c1-3-5-18(4-2)31-14-17(13-30-31)16-10-20-15(11-28-24(20)29-12-16)6-7-19-21(25)8-9-22(27)23(19)26/h6-14,18H,3-5H2,1-2H3,(H,28,29)/b7-6+. The van der Waals surface area contributed by atoms with Crippen molar-refractivity contribution in [2.24, 2.45) is 0 Å². The largest absolute Gasteiger partial charge is 0.346 e. The molecule has 7 heteroatoms. The molecule has 0 bridgehead atoms. The molecule has 4 aromatic rings. The average molecular weight is 457 g/mol. The highest BCUT2D eigenvalue weighted by Gasteiger charge is 2.12. The maximum Gasteiger partial charge on any atom is 0.142 e. The van der Waals surface area contributed by atoms with E-state index in [0.717, 1.165) is 47.0 Å². The zero-order chi connectivity index (χ0) is 22.0. The molecule has 4 nitrogen and oxygen atoms in total. The van der Waals surface area contributed by atoms with Crippen LogP contribution in [0, 0.1) is 5.82 Å². The average Bonchev–Trinajstić information content (AvgIpc) is 3.42. The van der Waals surface area contributed by atoms with Crippen molar-refractivity contribution >= 4 is 46.4 Å². The molecule has 160 valence electrons. The van der Waals surface area contributed by atoms with Crippen molar-refractivity contribution in [1.29, 1.82) is 0 Å². The van der Waals surface area contributed by atoms with Crippen LogP contribution in [0.5, 0.6) is 0 Å². The number of H-pyrrole nitrogens is 1. The Morgan fingerprint density at radius 1 is 1.16 bits per heavy atom. The molecule has 0 amide bonds. The molecule has 0 saturated carbocycles. The van der Waals surface area contributed by atoms with Crippen molar-refractivity contribution in [3.8, 4) is 11.1 Å². The number of aromatic nitrogens is 4. The van der Waals surface area contributed by atoms with E-state index in [1.807, 2.05) is 24.7 Å². The van der Waals surface area contributed by atoms with Crippen molar-refractivity contribution in [3.63, 3.8) is 0 Å². The number of pyridine rings is 1. The number of nitrogens with one attached hydrogen (secondary N) is 1. The smallest absolute Gasteiger partial charge is 0.142 e. The van der Waals surface area contributed by atoms with Gasteiger partial charge in [0.15, 0.2) is 0 Å². The summed E-state index contributed by atoms with van der Waals surface area (Å²) < 4.78 is 15.9. The van der Waals surface area contributed by atoms with E-state index in [0.29, 0.717) is 16.6 Å². The van der Waals surface area contributed by atoms with E-state index < -0.39 is 5.82 Å². The van der Waals surface area contributed by atoms with E-state index >= 15 is 0 Å². The minimum Gasteiger partial charge on any atom is -0.346 e. The molecule has 0 aliphatic rings. The summed E-state index contributed by atoms with van der Waals surface area (Å²) in [7, 11) is 0. The van der Waals surface area contributed by atoms with E-state index in [9.17, 15) is 4.39 Å². The van der Waals surface area contributed by atoms with Crippen LogP contribution in [0.1, 0.15) is 50.3 Å². The van der Waals surface area contributed by atoms with Gasteiger partial charge in [-0.15, -0.1) is 0 Å². The minimum absolute atomic E-state index is 0.00683. The molecule has 1 N–H and O–H groups in total. The second-order valence-corrected chi connectivity index (χ2v) is 8.30. The van der Waals surface area contributed by atoms with Crippen LogP contribution < -0.4 is 0 Å². The summed E-state index contributed by atoms with van der Waals surface area (Å²) in [5, 5.41) is 5.93. The first-order valence-corrected chi connectivity index (χ1v) is 11.1. The fourth-order valence-corrected chi connectivity index (χ4v) is 4.23. The second kappa shape index (κ2) is 9.25. The Hall–Kier alpha value is -2.63. The van der Waals surface area contributed by atoms with Gasteiger partial charge in [0, 0.05) is 51.3 Å². The molecule has 31 heavy (non-hydrogen) atoms. The Kier molecular flexibility index (Phi) is 6.44. The number of hydrogen-bond donors (Lipinski definition) is 1. The Morgan fingerprint density at radius 3 is 2.77 bits per heavy atom. The van der Waals surface area contributed by atoms with Crippen molar-refractivity contribution in [1.82, 2.24) is 19.7 Å². The molecule has 4 rings (SSSR count). The zero-order valence-corrected chi connectivity index (χ0v) is 18.9. The molecular weight excluding hydrogens is 434 g/mol. The van der Waals surface area contributed by atoms with Crippen molar-refractivity contribution < 1.29 is 4.39 Å². The second-order valence-electron chi connectivity index (χ2n) is 7.51. The lowest BCUT2D eigenvalue weighted by molar-refractivity contribution is 0.409. The molecule has 1 atom stereocenters. The van der Waals surface area contributed by atoms with Crippen LogP contribution in [-0.2, 0) is 0 Å².